The number of ether oxygens (including phenoxy) is 1. The minimum atomic E-state index is -0.399. The SMILES string of the molecule is O=C1CCC(C(=O)NCCCOc2ccc(Cl)cc2Cl)N1. The van der Waals surface area contributed by atoms with Crippen LogP contribution in [0.2, 0.25) is 10.0 Å². The van der Waals surface area contributed by atoms with Crippen LogP contribution in [0.4, 0.5) is 0 Å². The van der Waals surface area contributed by atoms with E-state index in [1.807, 2.05) is 0 Å². The van der Waals surface area contributed by atoms with Crippen molar-refractivity contribution in [2.75, 3.05) is 13.2 Å². The second-order valence-electron chi connectivity index (χ2n) is 4.73. The average molecular weight is 331 g/mol. The van der Waals surface area contributed by atoms with E-state index >= 15 is 0 Å². The third-order valence-corrected chi connectivity index (χ3v) is 3.61. The molecule has 1 aromatic carbocycles. The molecule has 1 aliphatic heterocycles. The van der Waals surface area contributed by atoms with Crippen LogP contribution in [0, 0.1) is 0 Å². The lowest BCUT2D eigenvalue weighted by molar-refractivity contribution is -0.125. The number of carbonyl (C=O) groups excluding carboxylic acids is 2. The average Bonchev–Trinajstić information content (AvgIpc) is 2.87. The van der Waals surface area contributed by atoms with E-state index in [0.29, 0.717) is 48.2 Å². The topological polar surface area (TPSA) is 67.4 Å². The first-order valence-electron chi connectivity index (χ1n) is 6.71. The van der Waals surface area contributed by atoms with E-state index < -0.39 is 6.04 Å². The fourth-order valence-electron chi connectivity index (χ4n) is 1.99. The smallest absolute Gasteiger partial charge is 0.242 e. The van der Waals surface area contributed by atoms with E-state index in [2.05, 4.69) is 10.6 Å². The first kappa shape index (κ1) is 15.9. The fourth-order valence-corrected chi connectivity index (χ4v) is 2.46. The summed E-state index contributed by atoms with van der Waals surface area (Å²) in [7, 11) is 0. The monoisotopic (exact) mass is 330 g/mol. The molecule has 2 N–H and O–H groups in total. The van der Waals surface area contributed by atoms with Crippen LogP contribution in [0.1, 0.15) is 19.3 Å². The Bertz CT molecular complexity index is 537. The van der Waals surface area contributed by atoms with E-state index in [1.165, 1.54) is 0 Å². The molecule has 1 unspecified atom stereocenters. The predicted octanol–water partition coefficient (Wildman–Crippen LogP) is 2.16. The molecule has 0 saturated carbocycles. The highest BCUT2D eigenvalue weighted by molar-refractivity contribution is 6.35. The molecule has 2 amide bonds. The Kier molecular flexibility index (Phi) is 5.70. The van der Waals surface area contributed by atoms with Crippen molar-refractivity contribution in [3.05, 3.63) is 28.2 Å². The summed E-state index contributed by atoms with van der Waals surface area (Å²) in [5, 5.41) is 6.40. The van der Waals surface area contributed by atoms with Crippen LogP contribution in [0.5, 0.6) is 5.75 Å². The lowest BCUT2D eigenvalue weighted by Crippen LogP contribution is -2.42. The molecule has 114 valence electrons. The number of amides is 2. The minimum Gasteiger partial charge on any atom is -0.492 e. The number of hydrogen-bond acceptors (Lipinski definition) is 3. The lowest BCUT2D eigenvalue weighted by Gasteiger charge is -2.11. The van der Waals surface area contributed by atoms with Crippen molar-refractivity contribution in [3.8, 4) is 5.75 Å². The maximum absolute atomic E-state index is 11.7. The van der Waals surface area contributed by atoms with E-state index in [1.54, 1.807) is 18.2 Å². The third kappa shape index (κ3) is 4.79. The third-order valence-electron chi connectivity index (χ3n) is 3.08. The summed E-state index contributed by atoms with van der Waals surface area (Å²) in [6.07, 6.45) is 1.61. The summed E-state index contributed by atoms with van der Waals surface area (Å²) in [5.74, 6) is 0.344. The summed E-state index contributed by atoms with van der Waals surface area (Å²) < 4.78 is 5.50. The summed E-state index contributed by atoms with van der Waals surface area (Å²) in [6.45, 7) is 0.912. The van der Waals surface area contributed by atoms with Gasteiger partial charge in [0.1, 0.15) is 11.8 Å². The fraction of sp³-hybridized carbons (Fsp3) is 0.429. The van der Waals surface area contributed by atoms with Crippen LogP contribution in [-0.4, -0.2) is 31.0 Å². The Hall–Kier alpha value is -1.46. The molecular weight excluding hydrogens is 315 g/mol. The molecule has 0 spiro atoms. The number of hydrogen-bond donors (Lipinski definition) is 2. The van der Waals surface area contributed by atoms with Gasteiger partial charge in [-0.05, 0) is 31.0 Å². The molecule has 0 radical (unpaired) electrons. The van der Waals surface area contributed by atoms with Gasteiger partial charge in [-0.1, -0.05) is 23.2 Å². The largest absolute Gasteiger partial charge is 0.492 e. The molecule has 0 aromatic heterocycles. The van der Waals surface area contributed by atoms with E-state index in [4.69, 9.17) is 27.9 Å². The number of halogens is 2. The van der Waals surface area contributed by atoms with Gasteiger partial charge in [0.05, 0.1) is 11.6 Å². The molecule has 0 aliphatic carbocycles. The van der Waals surface area contributed by atoms with E-state index in [9.17, 15) is 9.59 Å². The highest BCUT2D eigenvalue weighted by atomic mass is 35.5. The van der Waals surface area contributed by atoms with Crippen LogP contribution in [0.15, 0.2) is 18.2 Å². The van der Waals surface area contributed by atoms with E-state index in [0.717, 1.165) is 0 Å². The van der Waals surface area contributed by atoms with Gasteiger partial charge in [-0.15, -0.1) is 0 Å². The van der Waals surface area contributed by atoms with Crippen molar-refractivity contribution in [1.29, 1.82) is 0 Å². The summed E-state index contributed by atoms with van der Waals surface area (Å²) in [6, 6.07) is 4.62. The lowest BCUT2D eigenvalue weighted by atomic mass is 10.2. The predicted molar refractivity (Wildman–Crippen MR) is 80.7 cm³/mol. The molecule has 1 aliphatic rings. The van der Waals surface area contributed by atoms with Crippen LogP contribution < -0.4 is 15.4 Å². The summed E-state index contributed by atoms with van der Waals surface area (Å²) in [4.78, 5) is 22.7. The molecule has 1 aromatic rings. The quantitative estimate of drug-likeness (QED) is 0.785. The molecule has 2 rings (SSSR count). The van der Waals surface area contributed by atoms with Crippen LogP contribution >= 0.6 is 23.2 Å². The van der Waals surface area contributed by atoms with Gasteiger partial charge in [0.25, 0.3) is 0 Å². The number of carbonyl (C=O) groups is 2. The van der Waals surface area contributed by atoms with Crippen LogP contribution in [0.3, 0.4) is 0 Å². The normalized spacial score (nSPS) is 17.4. The molecule has 21 heavy (non-hydrogen) atoms. The minimum absolute atomic E-state index is 0.0733. The van der Waals surface area contributed by atoms with Gasteiger partial charge in [-0.2, -0.15) is 0 Å². The molecule has 1 fully saturated rings. The first-order valence-corrected chi connectivity index (χ1v) is 7.47. The van der Waals surface area contributed by atoms with Crippen molar-refractivity contribution in [1.82, 2.24) is 10.6 Å². The standard InChI is InChI=1S/C14H16Cl2N2O3/c15-9-2-4-12(10(16)8-9)21-7-1-6-17-14(20)11-3-5-13(19)18-11/h2,4,8,11H,1,3,5-7H2,(H,17,20)(H,18,19). The molecular formula is C14H16Cl2N2O3. The molecule has 1 atom stereocenters. The number of benzene rings is 1. The summed E-state index contributed by atoms with van der Waals surface area (Å²) in [5.41, 5.74) is 0. The Labute approximate surface area is 132 Å². The van der Waals surface area contributed by atoms with Gasteiger partial charge in [0, 0.05) is 18.0 Å². The second kappa shape index (κ2) is 7.52. The van der Waals surface area contributed by atoms with Gasteiger partial charge in [0.15, 0.2) is 0 Å². The van der Waals surface area contributed by atoms with Gasteiger partial charge in [-0.3, -0.25) is 9.59 Å². The Morgan fingerprint density at radius 1 is 1.43 bits per heavy atom. The first-order chi connectivity index (χ1) is 10.1. The maximum Gasteiger partial charge on any atom is 0.242 e. The zero-order valence-corrected chi connectivity index (χ0v) is 12.8. The number of rotatable bonds is 6. The van der Waals surface area contributed by atoms with Crippen molar-refractivity contribution in [3.63, 3.8) is 0 Å². The highest BCUT2D eigenvalue weighted by Crippen LogP contribution is 2.27. The van der Waals surface area contributed by atoms with Gasteiger partial charge in [-0.25, -0.2) is 0 Å². The molecule has 1 heterocycles. The van der Waals surface area contributed by atoms with Crippen molar-refractivity contribution in [2.24, 2.45) is 0 Å². The highest BCUT2D eigenvalue weighted by Gasteiger charge is 2.26. The number of nitrogens with one attached hydrogen (secondary N) is 2. The van der Waals surface area contributed by atoms with Gasteiger partial charge < -0.3 is 15.4 Å². The Morgan fingerprint density at radius 2 is 2.24 bits per heavy atom. The zero-order valence-electron chi connectivity index (χ0n) is 11.3. The molecule has 0 bridgehead atoms. The molecule has 5 nitrogen and oxygen atoms in total. The van der Waals surface area contributed by atoms with E-state index in [-0.39, 0.29) is 11.8 Å². The maximum atomic E-state index is 11.7. The molecule has 7 heteroatoms. The van der Waals surface area contributed by atoms with Crippen molar-refractivity contribution < 1.29 is 14.3 Å². The Balaban J connectivity index is 1.63. The Morgan fingerprint density at radius 3 is 2.90 bits per heavy atom. The van der Waals surface area contributed by atoms with Crippen LogP contribution in [-0.2, 0) is 9.59 Å². The zero-order chi connectivity index (χ0) is 15.2. The van der Waals surface area contributed by atoms with Gasteiger partial charge >= 0.3 is 0 Å². The molecule has 1 saturated heterocycles. The second-order valence-corrected chi connectivity index (χ2v) is 5.57. The van der Waals surface area contributed by atoms with Gasteiger partial charge in [0.2, 0.25) is 11.8 Å². The summed E-state index contributed by atoms with van der Waals surface area (Å²) >= 11 is 11.8. The van der Waals surface area contributed by atoms with Crippen molar-refractivity contribution in [2.45, 2.75) is 25.3 Å². The van der Waals surface area contributed by atoms with Crippen LogP contribution in [0.25, 0.3) is 0 Å². The van der Waals surface area contributed by atoms with Crippen molar-refractivity contribution >= 4 is 35.0 Å².